The largest absolute Gasteiger partial charge is 0.478 e. The second-order valence-electron chi connectivity index (χ2n) is 4.50. The molecule has 0 fully saturated rings. The van der Waals surface area contributed by atoms with Gasteiger partial charge < -0.3 is 9.67 Å². The average molecular weight is 256 g/mol. The van der Waals surface area contributed by atoms with E-state index in [1.54, 1.807) is 12.4 Å². The Bertz CT molecular complexity index is 654. The Morgan fingerprint density at radius 3 is 2.58 bits per heavy atom. The highest BCUT2D eigenvalue weighted by Gasteiger charge is 2.06. The number of aromatic nitrogens is 2. The third kappa shape index (κ3) is 2.73. The molecule has 1 N–H and O–H groups in total. The lowest BCUT2D eigenvalue weighted by molar-refractivity contribution is -0.131. The Kier molecular flexibility index (Phi) is 3.51. The molecule has 0 saturated carbocycles. The van der Waals surface area contributed by atoms with Crippen molar-refractivity contribution in [3.8, 4) is 5.69 Å². The molecule has 4 nitrogen and oxygen atoms in total. The number of aryl methyl sites for hydroxylation is 2. The summed E-state index contributed by atoms with van der Waals surface area (Å²) in [6.07, 6.45) is 4.53. The van der Waals surface area contributed by atoms with E-state index in [0.29, 0.717) is 0 Å². The van der Waals surface area contributed by atoms with Crippen LogP contribution in [-0.4, -0.2) is 20.6 Å². The Morgan fingerprint density at radius 1 is 1.32 bits per heavy atom. The minimum atomic E-state index is -0.942. The summed E-state index contributed by atoms with van der Waals surface area (Å²) in [5.41, 5.74) is 5.13. The van der Waals surface area contributed by atoms with Crippen molar-refractivity contribution in [2.75, 3.05) is 0 Å². The predicted octanol–water partition coefficient (Wildman–Crippen LogP) is 2.90. The van der Waals surface area contributed by atoms with Crippen molar-refractivity contribution < 1.29 is 9.90 Å². The van der Waals surface area contributed by atoms with Gasteiger partial charge in [-0.15, -0.1) is 0 Å². The Balaban J connectivity index is 2.40. The van der Waals surface area contributed by atoms with Crippen LogP contribution < -0.4 is 0 Å². The Hall–Kier alpha value is -2.36. The smallest absolute Gasteiger partial charge is 0.328 e. The van der Waals surface area contributed by atoms with Gasteiger partial charge in [0.2, 0.25) is 0 Å². The number of carboxylic acid groups (broad SMARTS) is 1. The number of hydrogen-bond acceptors (Lipinski definition) is 2. The quantitative estimate of drug-likeness (QED) is 0.859. The maximum absolute atomic E-state index is 10.5. The number of carbonyl (C=O) groups is 1. The first-order chi connectivity index (χ1) is 8.99. The fraction of sp³-hybridized carbons (Fsp3) is 0.200. The molecule has 4 heteroatoms. The maximum atomic E-state index is 10.5. The molecule has 0 bridgehead atoms. The molecule has 0 atom stereocenters. The molecule has 0 spiro atoms. The van der Waals surface area contributed by atoms with Gasteiger partial charge in [0, 0.05) is 17.5 Å². The van der Waals surface area contributed by atoms with E-state index in [1.807, 2.05) is 43.5 Å². The van der Waals surface area contributed by atoms with E-state index >= 15 is 0 Å². The van der Waals surface area contributed by atoms with E-state index in [1.165, 1.54) is 0 Å². The van der Waals surface area contributed by atoms with Crippen molar-refractivity contribution in [1.29, 1.82) is 0 Å². The first kappa shape index (κ1) is 13.1. The van der Waals surface area contributed by atoms with E-state index in [0.717, 1.165) is 34.3 Å². The molecule has 0 aliphatic carbocycles. The molecule has 0 unspecified atom stereocenters. The second-order valence-corrected chi connectivity index (χ2v) is 4.50. The van der Waals surface area contributed by atoms with Crippen molar-refractivity contribution >= 4 is 12.0 Å². The van der Waals surface area contributed by atoms with E-state index < -0.39 is 5.97 Å². The van der Waals surface area contributed by atoms with Crippen LogP contribution in [0.1, 0.15) is 22.5 Å². The molecule has 1 aromatic carbocycles. The van der Waals surface area contributed by atoms with Crippen LogP contribution in [0.2, 0.25) is 0 Å². The van der Waals surface area contributed by atoms with Gasteiger partial charge in [-0.25, -0.2) is 9.78 Å². The maximum Gasteiger partial charge on any atom is 0.328 e. The zero-order valence-electron chi connectivity index (χ0n) is 11.2. The Labute approximate surface area is 112 Å². The third-order valence-corrected chi connectivity index (χ3v) is 3.15. The average Bonchev–Trinajstić information content (AvgIpc) is 2.68. The van der Waals surface area contributed by atoms with Crippen molar-refractivity contribution in [3.63, 3.8) is 0 Å². The van der Waals surface area contributed by atoms with Crippen LogP contribution in [0.15, 0.2) is 30.6 Å². The monoisotopic (exact) mass is 256 g/mol. The molecular formula is C15H16N2O2. The van der Waals surface area contributed by atoms with Gasteiger partial charge in [0.1, 0.15) is 0 Å². The molecule has 0 radical (unpaired) electrons. The Morgan fingerprint density at radius 2 is 2.05 bits per heavy atom. The molecular weight excluding hydrogens is 240 g/mol. The van der Waals surface area contributed by atoms with Gasteiger partial charge >= 0.3 is 5.97 Å². The van der Waals surface area contributed by atoms with E-state index in [9.17, 15) is 4.79 Å². The number of rotatable bonds is 3. The van der Waals surface area contributed by atoms with E-state index in [2.05, 4.69) is 4.98 Å². The van der Waals surface area contributed by atoms with Gasteiger partial charge in [0.15, 0.2) is 0 Å². The van der Waals surface area contributed by atoms with Gasteiger partial charge in [0.25, 0.3) is 0 Å². The fourth-order valence-electron chi connectivity index (χ4n) is 1.96. The highest BCUT2D eigenvalue weighted by atomic mass is 16.4. The third-order valence-electron chi connectivity index (χ3n) is 3.15. The fourth-order valence-corrected chi connectivity index (χ4v) is 1.96. The van der Waals surface area contributed by atoms with Gasteiger partial charge in [-0.05, 0) is 50.1 Å². The summed E-state index contributed by atoms with van der Waals surface area (Å²) < 4.78 is 2.04. The molecule has 19 heavy (non-hydrogen) atoms. The molecule has 1 heterocycles. The van der Waals surface area contributed by atoms with Crippen LogP contribution in [-0.2, 0) is 4.79 Å². The van der Waals surface area contributed by atoms with Gasteiger partial charge in [-0.3, -0.25) is 0 Å². The minimum absolute atomic E-state index is 0.873. The summed E-state index contributed by atoms with van der Waals surface area (Å²) in [4.78, 5) is 14.8. The lowest BCUT2D eigenvalue weighted by Crippen LogP contribution is -1.98. The number of carboxylic acids is 1. The van der Waals surface area contributed by atoms with Crippen molar-refractivity contribution in [2.24, 2.45) is 0 Å². The van der Waals surface area contributed by atoms with Gasteiger partial charge in [-0.2, -0.15) is 0 Å². The zero-order chi connectivity index (χ0) is 14.0. The molecule has 0 aliphatic heterocycles. The highest BCUT2D eigenvalue weighted by molar-refractivity contribution is 5.85. The van der Waals surface area contributed by atoms with Crippen LogP contribution in [0, 0.1) is 20.8 Å². The van der Waals surface area contributed by atoms with Crippen LogP contribution in [0.25, 0.3) is 11.8 Å². The van der Waals surface area contributed by atoms with Crippen LogP contribution in [0.5, 0.6) is 0 Å². The normalized spacial score (nSPS) is 11.1. The highest BCUT2D eigenvalue weighted by Crippen LogP contribution is 2.19. The van der Waals surface area contributed by atoms with Crippen molar-refractivity contribution in [3.05, 3.63) is 53.1 Å². The number of nitrogens with zero attached hydrogens (tertiary/aromatic N) is 2. The van der Waals surface area contributed by atoms with Crippen LogP contribution in [0.4, 0.5) is 0 Å². The lowest BCUT2D eigenvalue weighted by atomic mass is 10.1. The molecule has 0 amide bonds. The SMILES string of the molecule is Cc1cc(C=CC(=O)O)ccc1-n1cnc(C)c1C. The second kappa shape index (κ2) is 5.10. The summed E-state index contributed by atoms with van der Waals surface area (Å²) in [6.45, 7) is 6.01. The summed E-state index contributed by atoms with van der Waals surface area (Å²) in [7, 11) is 0. The van der Waals surface area contributed by atoms with E-state index in [4.69, 9.17) is 5.11 Å². The van der Waals surface area contributed by atoms with Crippen molar-refractivity contribution in [1.82, 2.24) is 9.55 Å². The number of hydrogen-bond donors (Lipinski definition) is 1. The summed E-state index contributed by atoms with van der Waals surface area (Å²) in [5.74, 6) is -0.942. The summed E-state index contributed by atoms with van der Waals surface area (Å²) in [5, 5.41) is 8.62. The number of benzene rings is 1. The topological polar surface area (TPSA) is 55.1 Å². The van der Waals surface area contributed by atoms with E-state index in [-0.39, 0.29) is 0 Å². The molecule has 98 valence electrons. The van der Waals surface area contributed by atoms with Crippen LogP contribution in [0.3, 0.4) is 0 Å². The molecule has 0 saturated heterocycles. The number of aliphatic carboxylic acids is 1. The molecule has 2 aromatic rings. The lowest BCUT2D eigenvalue weighted by Gasteiger charge is -2.10. The first-order valence-corrected chi connectivity index (χ1v) is 6.01. The molecule has 2 rings (SSSR count). The molecule has 1 aromatic heterocycles. The summed E-state index contributed by atoms with van der Waals surface area (Å²) in [6, 6.07) is 5.84. The minimum Gasteiger partial charge on any atom is -0.478 e. The van der Waals surface area contributed by atoms with Gasteiger partial charge in [0.05, 0.1) is 12.0 Å². The zero-order valence-corrected chi connectivity index (χ0v) is 11.2. The molecule has 0 aliphatic rings. The summed E-state index contributed by atoms with van der Waals surface area (Å²) >= 11 is 0. The number of imidazole rings is 1. The predicted molar refractivity (Wildman–Crippen MR) is 74.4 cm³/mol. The van der Waals surface area contributed by atoms with Crippen molar-refractivity contribution in [2.45, 2.75) is 20.8 Å². The van der Waals surface area contributed by atoms with Gasteiger partial charge in [-0.1, -0.05) is 6.07 Å². The van der Waals surface area contributed by atoms with Crippen LogP contribution >= 0.6 is 0 Å². The standard InChI is InChI=1S/C15H16N2O2/c1-10-8-13(5-7-15(18)19)4-6-14(10)17-9-16-11(2)12(17)3/h4-9H,1-3H3,(H,18,19). The first-order valence-electron chi connectivity index (χ1n) is 6.01.